The molecule has 28 heavy (non-hydrogen) atoms. The van der Waals surface area contributed by atoms with Crippen LogP contribution in [0.4, 0.5) is 0 Å². The summed E-state index contributed by atoms with van der Waals surface area (Å²) in [4.78, 5) is 29.5. The molecule has 5 nitrogen and oxygen atoms in total. The minimum absolute atomic E-state index is 0.0309. The third-order valence-corrected chi connectivity index (χ3v) is 5.84. The number of ether oxygens (including phenoxy) is 1. The Bertz CT molecular complexity index is 1150. The van der Waals surface area contributed by atoms with Gasteiger partial charge in [-0.05, 0) is 62.2 Å². The van der Waals surface area contributed by atoms with Crippen molar-refractivity contribution in [3.05, 3.63) is 61.9 Å². The SMILES string of the molecule is CCOC(=O)Cn1c(=NC(=O)c2ccc(Cl)cc2Cl)sc2cc(C)c(C)cc21. The van der Waals surface area contributed by atoms with Crippen LogP contribution >= 0.6 is 34.5 Å². The largest absolute Gasteiger partial charge is 0.465 e. The molecule has 0 N–H and O–H groups in total. The van der Waals surface area contributed by atoms with Crippen LogP contribution in [0.3, 0.4) is 0 Å². The lowest BCUT2D eigenvalue weighted by atomic mass is 10.1. The third kappa shape index (κ3) is 4.29. The normalized spacial score (nSPS) is 11.8. The van der Waals surface area contributed by atoms with E-state index in [0.29, 0.717) is 9.82 Å². The van der Waals surface area contributed by atoms with Gasteiger partial charge in [-0.1, -0.05) is 34.5 Å². The van der Waals surface area contributed by atoms with E-state index in [1.54, 1.807) is 17.6 Å². The summed E-state index contributed by atoms with van der Waals surface area (Å²) in [5.41, 5.74) is 3.28. The fraction of sp³-hybridized carbons (Fsp3) is 0.250. The molecule has 3 rings (SSSR count). The summed E-state index contributed by atoms with van der Waals surface area (Å²) in [6.07, 6.45) is 0. The number of aromatic nitrogens is 1. The minimum atomic E-state index is -0.501. The number of aryl methyl sites for hydroxylation is 2. The molecule has 0 atom stereocenters. The molecule has 0 aliphatic rings. The Morgan fingerprint density at radius 2 is 1.86 bits per heavy atom. The molecular weight excluding hydrogens is 419 g/mol. The molecule has 1 amide bonds. The number of fused-ring (bicyclic) bond motifs is 1. The van der Waals surface area contributed by atoms with Crippen LogP contribution in [0.5, 0.6) is 0 Å². The lowest BCUT2D eigenvalue weighted by molar-refractivity contribution is -0.143. The molecule has 1 aromatic heterocycles. The van der Waals surface area contributed by atoms with E-state index in [1.165, 1.54) is 23.5 Å². The summed E-state index contributed by atoms with van der Waals surface area (Å²) < 4.78 is 7.71. The molecule has 0 unspecified atom stereocenters. The number of carbonyl (C=O) groups excluding carboxylic acids is 2. The maximum absolute atomic E-state index is 12.7. The highest BCUT2D eigenvalue weighted by Gasteiger charge is 2.15. The van der Waals surface area contributed by atoms with Gasteiger partial charge < -0.3 is 9.30 Å². The van der Waals surface area contributed by atoms with Gasteiger partial charge in [0.25, 0.3) is 5.91 Å². The van der Waals surface area contributed by atoms with Crippen LogP contribution in [0.15, 0.2) is 35.3 Å². The standard InChI is InChI=1S/C20H18Cl2N2O3S/c1-4-27-18(25)10-24-16-7-11(2)12(3)8-17(16)28-20(24)23-19(26)14-6-5-13(21)9-15(14)22/h5-9H,4,10H2,1-3H3. The van der Waals surface area contributed by atoms with Crippen LogP contribution in [-0.2, 0) is 16.1 Å². The smallest absolute Gasteiger partial charge is 0.326 e. The lowest BCUT2D eigenvalue weighted by Crippen LogP contribution is -2.23. The van der Waals surface area contributed by atoms with Crippen molar-refractivity contribution in [2.24, 2.45) is 4.99 Å². The molecule has 2 aromatic carbocycles. The van der Waals surface area contributed by atoms with E-state index >= 15 is 0 Å². The number of nitrogens with zero attached hydrogens (tertiary/aromatic N) is 2. The Morgan fingerprint density at radius 3 is 2.54 bits per heavy atom. The number of hydrogen-bond acceptors (Lipinski definition) is 4. The Kier molecular flexibility index (Phi) is 6.23. The molecule has 0 fully saturated rings. The molecule has 8 heteroatoms. The molecular formula is C20H18Cl2N2O3S. The predicted molar refractivity (Wildman–Crippen MR) is 112 cm³/mol. The van der Waals surface area contributed by atoms with Gasteiger partial charge in [-0.15, -0.1) is 0 Å². The third-order valence-electron chi connectivity index (χ3n) is 4.25. The summed E-state index contributed by atoms with van der Waals surface area (Å²) in [7, 11) is 0. The fourth-order valence-electron chi connectivity index (χ4n) is 2.71. The molecule has 0 aliphatic heterocycles. The zero-order chi connectivity index (χ0) is 20.4. The summed E-state index contributed by atoms with van der Waals surface area (Å²) in [5, 5.41) is 0.665. The quantitative estimate of drug-likeness (QED) is 0.544. The van der Waals surface area contributed by atoms with Crippen molar-refractivity contribution in [1.29, 1.82) is 0 Å². The zero-order valence-corrected chi connectivity index (χ0v) is 17.9. The predicted octanol–water partition coefficient (Wildman–Crippen LogP) is 4.93. The van der Waals surface area contributed by atoms with Gasteiger partial charge in [-0.3, -0.25) is 9.59 Å². The maximum atomic E-state index is 12.7. The molecule has 3 aromatic rings. The highest BCUT2D eigenvalue weighted by atomic mass is 35.5. The number of esters is 1. The molecule has 0 spiro atoms. The van der Waals surface area contributed by atoms with Crippen LogP contribution < -0.4 is 4.80 Å². The van der Waals surface area contributed by atoms with Crippen molar-refractivity contribution in [2.45, 2.75) is 27.3 Å². The van der Waals surface area contributed by atoms with Crippen LogP contribution in [0, 0.1) is 13.8 Å². The maximum Gasteiger partial charge on any atom is 0.326 e. The van der Waals surface area contributed by atoms with E-state index in [2.05, 4.69) is 4.99 Å². The molecule has 0 saturated heterocycles. The van der Waals surface area contributed by atoms with Crippen molar-refractivity contribution >= 4 is 56.6 Å². The van der Waals surface area contributed by atoms with Crippen LogP contribution in [-0.4, -0.2) is 23.1 Å². The zero-order valence-electron chi connectivity index (χ0n) is 15.6. The van der Waals surface area contributed by atoms with Crippen molar-refractivity contribution < 1.29 is 14.3 Å². The summed E-state index contributed by atoms with van der Waals surface area (Å²) >= 11 is 13.4. The van der Waals surface area contributed by atoms with Gasteiger partial charge >= 0.3 is 5.97 Å². The van der Waals surface area contributed by atoms with Crippen molar-refractivity contribution in [3.8, 4) is 0 Å². The molecule has 1 heterocycles. The van der Waals surface area contributed by atoms with Gasteiger partial charge in [0.15, 0.2) is 4.80 Å². The number of thiazole rings is 1. The molecule has 0 radical (unpaired) electrons. The van der Waals surface area contributed by atoms with Crippen LogP contribution in [0.1, 0.15) is 28.4 Å². The highest BCUT2D eigenvalue weighted by molar-refractivity contribution is 7.16. The molecule has 0 saturated carbocycles. The average Bonchev–Trinajstić information content (AvgIpc) is 2.92. The molecule has 146 valence electrons. The van der Waals surface area contributed by atoms with Gasteiger partial charge in [-0.2, -0.15) is 4.99 Å². The average molecular weight is 437 g/mol. The summed E-state index contributed by atoms with van der Waals surface area (Å²) in [6.45, 7) is 6.01. The van der Waals surface area contributed by atoms with Gasteiger partial charge in [-0.25, -0.2) is 0 Å². The second-order valence-electron chi connectivity index (χ2n) is 6.22. The van der Waals surface area contributed by atoms with E-state index in [1.807, 2.05) is 26.0 Å². The lowest BCUT2D eigenvalue weighted by Gasteiger charge is -2.06. The number of carbonyl (C=O) groups is 2. The van der Waals surface area contributed by atoms with Gasteiger partial charge in [0, 0.05) is 5.02 Å². The van der Waals surface area contributed by atoms with E-state index < -0.39 is 5.91 Å². The fourth-order valence-corrected chi connectivity index (χ4v) is 4.30. The number of rotatable bonds is 4. The van der Waals surface area contributed by atoms with Crippen molar-refractivity contribution in [2.75, 3.05) is 6.61 Å². The number of hydrogen-bond donors (Lipinski definition) is 0. The van der Waals surface area contributed by atoms with Crippen molar-refractivity contribution in [3.63, 3.8) is 0 Å². The van der Waals surface area contributed by atoms with E-state index in [-0.39, 0.29) is 29.7 Å². The first-order chi connectivity index (χ1) is 13.3. The first-order valence-corrected chi connectivity index (χ1v) is 10.2. The van der Waals surface area contributed by atoms with Gasteiger partial charge in [0.2, 0.25) is 0 Å². The Hall–Kier alpha value is -2.15. The second kappa shape index (κ2) is 8.47. The highest BCUT2D eigenvalue weighted by Crippen LogP contribution is 2.24. The first-order valence-electron chi connectivity index (χ1n) is 8.60. The first kappa shape index (κ1) is 20.6. The van der Waals surface area contributed by atoms with Gasteiger partial charge in [0.05, 0.1) is 27.4 Å². The molecule has 0 bridgehead atoms. The van der Waals surface area contributed by atoms with Crippen LogP contribution in [0.2, 0.25) is 10.0 Å². The summed E-state index contributed by atoms with van der Waals surface area (Å²) in [5.74, 6) is -0.891. The van der Waals surface area contributed by atoms with E-state index in [0.717, 1.165) is 21.3 Å². The van der Waals surface area contributed by atoms with E-state index in [4.69, 9.17) is 27.9 Å². The topological polar surface area (TPSA) is 60.7 Å². The van der Waals surface area contributed by atoms with E-state index in [9.17, 15) is 9.59 Å². The van der Waals surface area contributed by atoms with Gasteiger partial charge in [0.1, 0.15) is 6.54 Å². The second-order valence-corrected chi connectivity index (χ2v) is 8.07. The number of halogens is 2. The monoisotopic (exact) mass is 436 g/mol. The summed E-state index contributed by atoms with van der Waals surface area (Å²) in [6, 6.07) is 8.62. The Labute approximate surface area is 176 Å². The Morgan fingerprint density at radius 1 is 1.14 bits per heavy atom. The minimum Gasteiger partial charge on any atom is -0.465 e. The van der Waals surface area contributed by atoms with Crippen LogP contribution in [0.25, 0.3) is 10.2 Å². The number of amides is 1. The van der Waals surface area contributed by atoms with Crippen molar-refractivity contribution in [1.82, 2.24) is 4.57 Å². The number of benzene rings is 2. The Balaban J connectivity index is 2.16. The molecule has 0 aliphatic carbocycles.